The molecule has 0 spiro atoms. The largest absolute Gasteiger partial charge is 0.505 e. The first-order valence-corrected chi connectivity index (χ1v) is 40.3. The summed E-state index contributed by atoms with van der Waals surface area (Å²) in [7, 11) is 4.87. The molecule has 10 heterocycles. The summed E-state index contributed by atoms with van der Waals surface area (Å²) in [5, 5.41) is 42.2. The molecular formula is C96H94F3N15O5. The highest BCUT2D eigenvalue weighted by Crippen LogP contribution is 2.42. The van der Waals surface area contributed by atoms with Crippen molar-refractivity contribution in [2.24, 2.45) is 29.6 Å². The maximum absolute atomic E-state index is 13.7. The fourth-order valence-electron chi connectivity index (χ4n) is 15.0. The molecule has 0 aliphatic heterocycles. The van der Waals surface area contributed by atoms with Gasteiger partial charge >= 0.3 is 0 Å². The van der Waals surface area contributed by atoms with Gasteiger partial charge < -0.3 is 24.4 Å². The van der Waals surface area contributed by atoms with Crippen molar-refractivity contribution in [2.45, 2.75) is 117 Å². The van der Waals surface area contributed by atoms with Crippen molar-refractivity contribution >= 4 is 28.2 Å². The lowest BCUT2D eigenvalue weighted by atomic mass is 10.0. The Morgan fingerprint density at radius 1 is 0.319 bits per heavy atom. The smallest absolute Gasteiger partial charge is 0.165 e. The van der Waals surface area contributed by atoms with Crippen LogP contribution in [0, 0.1) is 67.8 Å². The number of fused-ring (bicyclic) bond motifs is 5. The van der Waals surface area contributed by atoms with Crippen molar-refractivity contribution < 1.29 is 37.6 Å². The molecule has 15 aromatic rings. The van der Waals surface area contributed by atoms with Gasteiger partial charge in [-0.2, -0.15) is 25.5 Å². The summed E-state index contributed by atoms with van der Waals surface area (Å²) in [4.78, 5) is 23.0. The van der Waals surface area contributed by atoms with E-state index in [0.29, 0.717) is 60.0 Å². The number of aromatic nitrogens is 15. The lowest BCUT2D eigenvalue weighted by Gasteiger charge is -2.12. The van der Waals surface area contributed by atoms with Gasteiger partial charge in [0.25, 0.3) is 0 Å². The van der Waals surface area contributed by atoms with E-state index in [1.807, 2.05) is 94.0 Å². The number of hydrogen-bond acceptors (Lipinski definition) is 15. The number of benzene rings is 5. The molecule has 0 bridgehead atoms. The van der Waals surface area contributed by atoms with E-state index in [2.05, 4.69) is 125 Å². The van der Waals surface area contributed by atoms with E-state index in [4.69, 9.17) is 29.4 Å². The Kier molecular flexibility index (Phi) is 22.8. The second kappa shape index (κ2) is 34.1. The van der Waals surface area contributed by atoms with E-state index in [1.165, 1.54) is 130 Å². The van der Waals surface area contributed by atoms with E-state index in [9.17, 15) is 23.4 Å². The fraction of sp³-hybridized carbons (Fsp3) is 0.271. The molecule has 2 N–H and O–H groups in total. The lowest BCUT2D eigenvalue weighted by molar-refractivity contribution is 0.387. The minimum Gasteiger partial charge on any atom is -0.505 e. The topological polar surface area (TPSA) is 219 Å². The van der Waals surface area contributed by atoms with Crippen LogP contribution in [0.4, 0.5) is 13.2 Å². The maximum Gasteiger partial charge on any atom is 0.165 e. The third kappa shape index (κ3) is 18.3. The number of methoxy groups -OCH3 is 3. The standard InChI is InChI=1S/C21H23N3O.C20H21N3O.C19H18FN3O.2C18H16FN3O/c1-13(16-8-9-16)12-19-22-20-7-5-6-18(24(20)23-19)17-10-14(2)21(25-4)15(3)11-17;1-13(15-7-8-15)12-19-21-20-6-4-5-17(23(20)22-19)16-9-10-18(24-3)14(2)11-16;1-12(13-6-7-13)10-18-21-19-5-3-4-16(23(19)22-18)14-8-9-15(20)17(11-14)24-2;1-11(12-5-6-12)9-17-20-18-4-2-3-15(22(18)21-17)13-7-8-16(23)14(19)10-13;1-11(12-5-6-12)9-17-20-18-4-2-3-15(22(18)21-17)13-7-8-14(19)16(23)10-13/h5-7,10-11,16H,1,8-9,12H2,2-4H3;4-6,9-11,15H,1,7-8,12H2,2-3H3;3-5,8-9,11,13H,1,6-7,10H2,2H3;2*2-4,7-8,10,12,23H,1,5-6,9H2. The second-order valence-corrected chi connectivity index (χ2v) is 31.6. The van der Waals surface area contributed by atoms with Crippen molar-refractivity contribution in [3.63, 3.8) is 0 Å². The van der Waals surface area contributed by atoms with Gasteiger partial charge in [0.2, 0.25) is 0 Å². The Balaban J connectivity index is 0.000000111. The van der Waals surface area contributed by atoms with Crippen LogP contribution in [0.5, 0.6) is 28.7 Å². The third-order valence-corrected chi connectivity index (χ3v) is 22.3. The molecule has 0 unspecified atom stereocenters. The first-order valence-electron chi connectivity index (χ1n) is 40.3. The van der Waals surface area contributed by atoms with Gasteiger partial charge in [0.1, 0.15) is 11.5 Å². The second-order valence-electron chi connectivity index (χ2n) is 31.6. The highest BCUT2D eigenvalue weighted by atomic mass is 19.1. The van der Waals surface area contributed by atoms with Crippen LogP contribution in [-0.4, -0.2) is 105 Å². The molecule has 0 radical (unpaired) electrons. The van der Waals surface area contributed by atoms with E-state index < -0.39 is 11.6 Å². The maximum atomic E-state index is 13.7. The molecular weight excluding hydrogens is 1500 g/mol. The average Bonchev–Trinajstić information content (AvgIpc) is 1.71. The molecule has 5 aromatic carbocycles. The fourth-order valence-corrected chi connectivity index (χ4v) is 15.0. The summed E-state index contributed by atoms with van der Waals surface area (Å²) in [6.07, 6.45) is 16.0. The molecule has 604 valence electrons. The molecule has 5 aliphatic rings. The third-order valence-electron chi connectivity index (χ3n) is 22.3. The first-order chi connectivity index (χ1) is 57.6. The Morgan fingerprint density at radius 2 is 0.613 bits per heavy atom. The number of nitrogens with zero attached hydrogens (tertiary/aromatic N) is 15. The van der Waals surface area contributed by atoms with Gasteiger partial charge in [-0.3, -0.25) is 0 Å². The van der Waals surface area contributed by atoms with Crippen LogP contribution in [0.3, 0.4) is 0 Å². The number of allylic oxidation sites excluding steroid dienone is 5. The molecule has 20 rings (SSSR count). The molecule has 23 heteroatoms. The van der Waals surface area contributed by atoms with Gasteiger partial charge in [0, 0.05) is 59.9 Å². The molecule has 10 aromatic heterocycles. The number of hydrogen-bond donors (Lipinski definition) is 2. The SMILES string of the molecule is C=C(Cc1nc2cccc(-c3cc(C)c(OC)c(C)c3)n2n1)C1CC1.C=C(Cc1nc2cccc(-c3ccc(F)c(O)c3)n2n1)C1CC1.C=C(Cc1nc2cccc(-c3ccc(F)c(OC)c3)n2n1)C1CC1.C=C(Cc1nc2cccc(-c3ccc(O)c(F)c3)n2n1)C1CC1.C=C(Cc1nc2cccc(-c3ccc(OC)c(C)c3)n2n1)C1CC1. The number of rotatable bonds is 23. The monoisotopic (exact) mass is 1590 g/mol. The summed E-state index contributed by atoms with van der Waals surface area (Å²) < 4.78 is 65.6. The highest BCUT2D eigenvalue weighted by Gasteiger charge is 2.30. The Morgan fingerprint density at radius 3 is 0.924 bits per heavy atom. The predicted octanol–water partition coefficient (Wildman–Crippen LogP) is 20.3. The van der Waals surface area contributed by atoms with Gasteiger partial charge in [-0.15, -0.1) is 0 Å². The summed E-state index contributed by atoms with van der Waals surface area (Å²) >= 11 is 0. The molecule has 5 fully saturated rings. The lowest BCUT2D eigenvalue weighted by Crippen LogP contribution is -1.98. The zero-order valence-electron chi connectivity index (χ0n) is 67.7. The molecule has 20 nitrogen and oxygen atoms in total. The number of aryl methyl sites for hydroxylation is 3. The van der Waals surface area contributed by atoms with Gasteiger partial charge in [-0.05, 0) is 277 Å². The van der Waals surface area contributed by atoms with Gasteiger partial charge in [0.05, 0.1) is 49.8 Å². The van der Waals surface area contributed by atoms with Crippen molar-refractivity contribution in [3.8, 4) is 85.0 Å². The van der Waals surface area contributed by atoms with E-state index in [-0.39, 0.29) is 23.1 Å². The van der Waals surface area contributed by atoms with Gasteiger partial charge in [-0.25, -0.2) is 60.7 Å². The van der Waals surface area contributed by atoms with Crippen molar-refractivity contribution in [3.05, 3.63) is 300 Å². The van der Waals surface area contributed by atoms with E-state index >= 15 is 0 Å². The number of phenols is 2. The van der Waals surface area contributed by atoms with E-state index in [1.54, 1.807) is 52.0 Å². The molecule has 119 heavy (non-hydrogen) atoms. The predicted molar refractivity (Wildman–Crippen MR) is 457 cm³/mol. The number of halogens is 3. The first kappa shape index (κ1) is 79.5. The molecule has 0 amide bonds. The van der Waals surface area contributed by atoms with Crippen LogP contribution in [-0.2, 0) is 32.1 Å². The Labute approximate surface area is 688 Å². The molecule has 0 saturated heterocycles. The zero-order chi connectivity index (χ0) is 82.9. The van der Waals surface area contributed by atoms with Crippen LogP contribution in [0.25, 0.3) is 84.5 Å². The van der Waals surface area contributed by atoms with Crippen LogP contribution in [0.15, 0.2) is 237 Å². The number of phenolic OH excluding ortho intramolecular Hbond substituents is 2. The van der Waals surface area contributed by atoms with Crippen LogP contribution in [0.1, 0.15) is 110 Å². The Bertz CT molecular complexity index is 6250. The minimum atomic E-state index is -0.651. The van der Waals surface area contributed by atoms with Gasteiger partial charge in [-0.1, -0.05) is 91.1 Å². The normalized spacial score (nSPS) is 14.2. The minimum absolute atomic E-state index is 0.215. The zero-order valence-corrected chi connectivity index (χ0v) is 67.7. The van der Waals surface area contributed by atoms with Crippen LogP contribution >= 0.6 is 0 Å². The quantitative estimate of drug-likeness (QED) is 0.0569. The van der Waals surface area contributed by atoms with E-state index in [0.717, 1.165) is 144 Å². The highest BCUT2D eigenvalue weighted by molar-refractivity contribution is 5.70. The molecule has 0 atom stereocenters. The van der Waals surface area contributed by atoms with Gasteiger partial charge in [0.15, 0.2) is 92.1 Å². The van der Waals surface area contributed by atoms with Crippen LogP contribution in [0.2, 0.25) is 0 Å². The number of ether oxygens (including phenoxy) is 3. The summed E-state index contributed by atoms with van der Waals surface area (Å²) in [6, 6.07) is 53.0. The summed E-state index contributed by atoms with van der Waals surface area (Å²) in [5.74, 6) is 6.82. The van der Waals surface area contributed by atoms with Crippen LogP contribution < -0.4 is 14.2 Å². The molecule has 5 aliphatic carbocycles. The summed E-state index contributed by atoms with van der Waals surface area (Å²) in [5.41, 5.74) is 22.2. The Hall–Kier alpha value is -13.3. The number of pyridine rings is 5. The average molecular weight is 1590 g/mol. The summed E-state index contributed by atoms with van der Waals surface area (Å²) in [6.45, 7) is 27.0. The van der Waals surface area contributed by atoms with Crippen molar-refractivity contribution in [1.82, 2.24) is 73.0 Å². The molecule has 5 saturated carbocycles. The van der Waals surface area contributed by atoms with Crippen molar-refractivity contribution in [2.75, 3.05) is 21.3 Å². The van der Waals surface area contributed by atoms with Crippen molar-refractivity contribution in [1.29, 1.82) is 0 Å². The number of aromatic hydroxyl groups is 2.